The Balaban J connectivity index is 2.35. The maximum Gasteiger partial charge on any atom is 0.234 e. The van der Waals surface area contributed by atoms with E-state index in [0.717, 1.165) is 0 Å². The van der Waals surface area contributed by atoms with Gasteiger partial charge in [-0.05, 0) is 18.1 Å². The van der Waals surface area contributed by atoms with Gasteiger partial charge in [-0.2, -0.15) is 0 Å². The number of amides is 2. The van der Waals surface area contributed by atoms with Crippen LogP contribution < -0.4 is 4.90 Å². The van der Waals surface area contributed by atoms with Gasteiger partial charge in [0.1, 0.15) is 0 Å². The second kappa shape index (κ2) is 6.36. The molecule has 1 heterocycles. The van der Waals surface area contributed by atoms with Gasteiger partial charge in [0.15, 0.2) is 0 Å². The maximum atomic E-state index is 12.1. The first kappa shape index (κ1) is 14.3. The Bertz CT molecular complexity index is 565. The van der Waals surface area contributed by atoms with Crippen LogP contribution in [0.3, 0.4) is 0 Å². The number of carbonyl (C=O) groups excluding carboxylic acids is 2. The van der Waals surface area contributed by atoms with E-state index in [1.165, 1.54) is 4.90 Å². The van der Waals surface area contributed by atoms with E-state index in [0.29, 0.717) is 30.5 Å². The van der Waals surface area contributed by atoms with Gasteiger partial charge in [0, 0.05) is 24.8 Å². The molecule has 1 aliphatic rings. The van der Waals surface area contributed by atoms with Crippen molar-refractivity contribution in [2.24, 2.45) is 5.92 Å². The predicted molar refractivity (Wildman–Crippen MR) is 75.9 cm³/mol. The van der Waals surface area contributed by atoms with Crippen LogP contribution >= 0.6 is 0 Å². The van der Waals surface area contributed by atoms with Crippen LogP contribution in [-0.2, 0) is 9.59 Å². The van der Waals surface area contributed by atoms with Crippen molar-refractivity contribution in [3.8, 4) is 11.8 Å². The van der Waals surface area contributed by atoms with Crippen LogP contribution in [-0.4, -0.2) is 23.5 Å². The summed E-state index contributed by atoms with van der Waals surface area (Å²) in [6, 6.07) is 7.10. The van der Waals surface area contributed by atoms with Crippen LogP contribution in [0.25, 0.3) is 0 Å². The van der Waals surface area contributed by atoms with Crippen molar-refractivity contribution in [2.45, 2.75) is 26.2 Å². The number of benzene rings is 1. The first-order chi connectivity index (χ1) is 9.63. The van der Waals surface area contributed by atoms with Gasteiger partial charge in [-0.1, -0.05) is 30.9 Å². The molecule has 0 aromatic heterocycles. The number of para-hydroxylation sites is 1. The molecule has 1 aromatic rings. The highest BCUT2D eigenvalue weighted by molar-refractivity contribution is 6.17. The predicted octanol–water partition coefficient (Wildman–Crippen LogP) is 1.71. The van der Waals surface area contributed by atoms with E-state index in [9.17, 15) is 9.59 Å². The Morgan fingerprint density at radius 3 is 2.55 bits per heavy atom. The largest absolute Gasteiger partial charge is 0.395 e. The Labute approximate surface area is 118 Å². The molecule has 4 heteroatoms. The summed E-state index contributed by atoms with van der Waals surface area (Å²) in [6.45, 7) is 1.90. The summed E-state index contributed by atoms with van der Waals surface area (Å²) < 4.78 is 0. The summed E-state index contributed by atoms with van der Waals surface area (Å²) >= 11 is 0. The minimum atomic E-state index is -0.176. The second-order valence-electron chi connectivity index (χ2n) is 4.93. The number of hydrogen-bond donors (Lipinski definition) is 1. The molecule has 0 aliphatic carbocycles. The first-order valence-corrected chi connectivity index (χ1v) is 6.68. The summed E-state index contributed by atoms with van der Waals surface area (Å²) in [4.78, 5) is 25.5. The van der Waals surface area contributed by atoms with E-state index in [-0.39, 0.29) is 24.3 Å². The van der Waals surface area contributed by atoms with E-state index in [1.807, 2.05) is 13.0 Å². The number of nitrogens with zero attached hydrogens (tertiary/aromatic N) is 1. The Kier molecular flexibility index (Phi) is 4.54. The standard InChI is InChI=1S/C16H17NO3/c1-12-10-15(19)17(16(20)11-12)14-8-3-2-6-13(14)7-4-5-9-18/h2-3,6,8,12,18H,5,9-11H2,1H3. The number of anilines is 1. The molecule has 1 aliphatic heterocycles. The fraction of sp³-hybridized carbons (Fsp3) is 0.375. The number of carbonyl (C=O) groups is 2. The molecule has 1 N–H and O–H groups in total. The molecule has 1 saturated heterocycles. The fourth-order valence-corrected chi connectivity index (χ4v) is 2.25. The van der Waals surface area contributed by atoms with Gasteiger partial charge < -0.3 is 5.11 Å². The highest BCUT2D eigenvalue weighted by atomic mass is 16.2. The number of rotatable bonds is 2. The topological polar surface area (TPSA) is 57.6 Å². The van der Waals surface area contributed by atoms with Gasteiger partial charge in [-0.25, -0.2) is 4.90 Å². The Morgan fingerprint density at radius 1 is 1.25 bits per heavy atom. The lowest BCUT2D eigenvalue weighted by atomic mass is 9.96. The lowest BCUT2D eigenvalue weighted by molar-refractivity contribution is -0.130. The summed E-state index contributed by atoms with van der Waals surface area (Å²) in [5.74, 6) is 5.47. The molecule has 0 atom stereocenters. The van der Waals surface area contributed by atoms with Crippen LogP contribution in [0, 0.1) is 17.8 Å². The lowest BCUT2D eigenvalue weighted by Crippen LogP contribution is -2.43. The quantitative estimate of drug-likeness (QED) is 0.658. The number of piperidine rings is 1. The van der Waals surface area contributed by atoms with Crippen LogP contribution in [0.2, 0.25) is 0 Å². The van der Waals surface area contributed by atoms with Crippen molar-refractivity contribution >= 4 is 17.5 Å². The van der Waals surface area contributed by atoms with Crippen LogP contribution in [0.15, 0.2) is 24.3 Å². The van der Waals surface area contributed by atoms with E-state index in [4.69, 9.17) is 5.11 Å². The zero-order chi connectivity index (χ0) is 14.5. The van der Waals surface area contributed by atoms with E-state index < -0.39 is 0 Å². The number of aliphatic hydroxyl groups excluding tert-OH is 1. The molecule has 0 unspecified atom stereocenters. The zero-order valence-electron chi connectivity index (χ0n) is 11.4. The molecule has 0 bridgehead atoms. The number of hydrogen-bond acceptors (Lipinski definition) is 3. The van der Waals surface area contributed by atoms with Crippen molar-refractivity contribution in [2.75, 3.05) is 11.5 Å². The Hall–Kier alpha value is -2.12. The van der Waals surface area contributed by atoms with Gasteiger partial charge in [-0.3, -0.25) is 9.59 Å². The third kappa shape index (κ3) is 3.06. The molecular formula is C16H17NO3. The minimum absolute atomic E-state index is 0.00570. The van der Waals surface area contributed by atoms with E-state index >= 15 is 0 Å². The molecule has 1 fully saturated rings. The molecule has 0 radical (unpaired) electrons. The zero-order valence-corrected chi connectivity index (χ0v) is 11.4. The third-order valence-electron chi connectivity index (χ3n) is 3.15. The van der Waals surface area contributed by atoms with Gasteiger partial charge in [0.25, 0.3) is 0 Å². The molecule has 20 heavy (non-hydrogen) atoms. The number of aliphatic hydroxyl groups is 1. The average Bonchev–Trinajstić information content (AvgIpc) is 2.39. The molecular weight excluding hydrogens is 254 g/mol. The van der Waals surface area contributed by atoms with Crippen LogP contribution in [0.1, 0.15) is 31.7 Å². The summed E-state index contributed by atoms with van der Waals surface area (Å²) in [5.41, 5.74) is 1.18. The SMILES string of the molecule is CC1CC(=O)N(c2ccccc2C#CCCO)C(=O)C1. The maximum absolute atomic E-state index is 12.1. The molecule has 2 amide bonds. The highest BCUT2D eigenvalue weighted by Crippen LogP contribution is 2.27. The van der Waals surface area contributed by atoms with Crippen molar-refractivity contribution in [3.05, 3.63) is 29.8 Å². The summed E-state index contributed by atoms with van der Waals surface area (Å²) in [7, 11) is 0. The minimum Gasteiger partial charge on any atom is -0.395 e. The van der Waals surface area contributed by atoms with Gasteiger partial charge >= 0.3 is 0 Å². The normalized spacial score (nSPS) is 16.0. The summed E-state index contributed by atoms with van der Waals surface area (Å²) in [6.07, 6.45) is 1.13. The van der Waals surface area contributed by atoms with Gasteiger partial charge in [0.2, 0.25) is 11.8 Å². The molecule has 104 valence electrons. The average molecular weight is 271 g/mol. The van der Waals surface area contributed by atoms with Crippen LogP contribution in [0.4, 0.5) is 5.69 Å². The lowest BCUT2D eigenvalue weighted by Gasteiger charge is -2.29. The van der Waals surface area contributed by atoms with Gasteiger partial charge in [0.05, 0.1) is 12.3 Å². The molecule has 0 saturated carbocycles. The summed E-state index contributed by atoms with van der Waals surface area (Å²) in [5, 5.41) is 8.75. The molecule has 1 aromatic carbocycles. The monoisotopic (exact) mass is 271 g/mol. The molecule has 2 rings (SSSR count). The molecule has 0 spiro atoms. The van der Waals surface area contributed by atoms with Crippen molar-refractivity contribution in [1.29, 1.82) is 0 Å². The first-order valence-electron chi connectivity index (χ1n) is 6.68. The Morgan fingerprint density at radius 2 is 1.90 bits per heavy atom. The van der Waals surface area contributed by atoms with Crippen molar-refractivity contribution in [3.63, 3.8) is 0 Å². The number of imide groups is 1. The van der Waals surface area contributed by atoms with Crippen molar-refractivity contribution < 1.29 is 14.7 Å². The van der Waals surface area contributed by atoms with Crippen LogP contribution in [0.5, 0.6) is 0 Å². The second-order valence-corrected chi connectivity index (χ2v) is 4.93. The van der Waals surface area contributed by atoms with E-state index in [1.54, 1.807) is 18.2 Å². The van der Waals surface area contributed by atoms with Gasteiger partial charge in [-0.15, -0.1) is 0 Å². The van der Waals surface area contributed by atoms with Crippen molar-refractivity contribution in [1.82, 2.24) is 0 Å². The highest BCUT2D eigenvalue weighted by Gasteiger charge is 2.32. The fourth-order valence-electron chi connectivity index (χ4n) is 2.25. The van der Waals surface area contributed by atoms with E-state index in [2.05, 4.69) is 11.8 Å². The smallest absolute Gasteiger partial charge is 0.234 e. The third-order valence-corrected chi connectivity index (χ3v) is 3.15. The molecule has 4 nitrogen and oxygen atoms in total.